The van der Waals surface area contributed by atoms with Crippen molar-refractivity contribution < 1.29 is 4.74 Å². The van der Waals surface area contributed by atoms with E-state index in [4.69, 9.17) is 16.3 Å². The summed E-state index contributed by atoms with van der Waals surface area (Å²) in [5.74, 6) is 3.31. The van der Waals surface area contributed by atoms with Crippen LogP contribution in [0.2, 0.25) is 0 Å². The lowest BCUT2D eigenvalue weighted by Gasteiger charge is -2.16. The number of para-hydroxylation sites is 1. The molecule has 1 heterocycles. The van der Waals surface area contributed by atoms with Gasteiger partial charge in [0.25, 0.3) is 0 Å². The Labute approximate surface area is 129 Å². The van der Waals surface area contributed by atoms with Crippen LogP contribution in [0, 0.1) is 0 Å². The molecule has 1 aromatic carbocycles. The molecule has 0 saturated carbocycles. The minimum absolute atomic E-state index is 0.387. The third-order valence-corrected chi connectivity index (χ3v) is 4.24. The zero-order valence-electron chi connectivity index (χ0n) is 12.2. The van der Waals surface area contributed by atoms with Gasteiger partial charge >= 0.3 is 0 Å². The molecule has 1 unspecified atom stereocenters. The molecule has 3 nitrogen and oxygen atoms in total. The molecule has 0 N–H and O–H groups in total. The molecular weight excluding hydrogens is 292 g/mol. The lowest BCUT2D eigenvalue weighted by atomic mass is 10.2. The highest BCUT2D eigenvalue weighted by molar-refractivity contribution is 7.98. The summed E-state index contributed by atoms with van der Waals surface area (Å²) in [7, 11) is 0. The zero-order chi connectivity index (χ0) is 14.5. The predicted octanol–water partition coefficient (Wildman–Crippen LogP) is 4.49. The van der Waals surface area contributed by atoms with Gasteiger partial charge in [0.1, 0.15) is 17.1 Å². The average molecular weight is 313 g/mol. The summed E-state index contributed by atoms with van der Waals surface area (Å²) < 4.78 is 7.92. The van der Waals surface area contributed by atoms with E-state index in [1.165, 1.54) is 0 Å². The number of hydrogen-bond donors (Lipinski definition) is 0. The van der Waals surface area contributed by atoms with E-state index >= 15 is 0 Å². The Morgan fingerprint density at radius 1 is 1.45 bits per heavy atom. The van der Waals surface area contributed by atoms with E-state index in [-0.39, 0.29) is 0 Å². The SMILES string of the molecule is CCOc1cccc2c1nc(CCl)n2C(C)CCSC. The second-order valence-corrected chi connectivity index (χ2v) is 5.97. The van der Waals surface area contributed by atoms with Crippen LogP contribution < -0.4 is 4.74 Å². The van der Waals surface area contributed by atoms with Gasteiger partial charge in [-0.3, -0.25) is 0 Å². The maximum absolute atomic E-state index is 6.08. The van der Waals surface area contributed by atoms with Crippen LogP contribution in [0.25, 0.3) is 11.0 Å². The van der Waals surface area contributed by atoms with E-state index < -0.39 is 0 Å². The second kappa shape index (κ2) is 7.23. The maximum Gasteiger partial charge on any atom is 0.147 e. The van der Waals surface area contributed by atoms with E-state index in [9.17, 15) is 0 Å². The first-order valence-corrected chi connectivity index (χ1v) is 8.83. The smallest absolute Gasteiger partial charge is 0.147 e. The Kier molecular flexibility index (Phi) is 5.61. The van der Waals surface area contributed by atoms with Crippen LogP contribution in [0.3, 0.4) is 0 Å². The Bertz CT molecular complexity index is 570. The molecule has 20 heavy (non-hydrogen) atoms. The summed E-state index contributed by atoms with van der Waals surface area (Å²) in [6, 6.07) is 6.47. The molecule has 0 amide bonds. The average Bonchev–Trinajstić information content (AvgIpc) is 2.84. The number of nitrogens with zero attached hydrogens (tertiary/aromatic N) is 2. The normalized spacial score (nSPS) is 12.8. The molecule has 0 saturated heterocycles. The summed E-state index contributed by atoms with van der Waals surface area (Å²) in [6.45, 7) is 4.85. The van der Waals surface area contributed by atoms with Crippen molar-refractivity contribution in [3.63, 3.8) is 0 Å². The van der Waals surface area contributed by atoms with Crippen LogP contribution in [0.5, 0.6) is 5.75 Å². The van der Waals surface area contributed by atoms with Crippen molar-refractivity contribution >= 4 is 34.4 Å². The fourth-order valence-electron chi connectivity index (χ4n) is 2.42. The molecule has 110 valence electrons. The third-order valence-electron chi connectivity index (χ3n) is 3.36. The molecule has 1 aromatic heterocycles. The van der Waals surface area contributed by atoms with Crippen molar-refractivity contribution in [1.82, 2.24) is 9.55 Å². The van der Waals surface area contributed by atoms with Gasteiger partial charge in [-0.15, -0.1) is 11.6 Å². The zero-order valence-corrected chi connectivity index (χ0v) is 13.8. The van der Waals surface area contributed by atoms with Crippen molar-refractivity contribution in [2.24, 2.45) is 0 Å². The quantitative estimate of drug-likeness (QED) is 0.705. The summed E-state index contributed by atoms with van der Waals surface area (Å²) in [6.07, 6.45) is 3.24. The van der Waals surface area contributed by atoms with E-state index in [1.807, 2.05) is 30.8 Å². The Morgan fingerprint density at radius 2 is 2.25 bits per heavy atom. The molecule has 0 bridgehead atoms. The number of fused-ring (bicyclic) bond motifs is 1. The van der Waals surface area contributed by atoms with Crippen molar-refractivity contribution in [2.45, 2.75) is 32.2 Å². The highest BCUT2D eigenvalue weighted by Crippen LogP contribution is 2.30. The molecule has 0 aliphatic rings. The number of benzene rings is 1. The standard InChI is InChI=1S/C15H21ClN2OS/c1-4-19-13-7-5-6-12-15(13)17-14(10-16)18(12)11(2)8-9-20-3/h5-7,11H,4,8-10H2,1-3H3. The van der Waals surface area contributed by atoms with Crippen LogP contribution in [0.15, 0.2) is 18.2 Å². The van der Waals surface area contributed by atoms with Gasteiger partial charge in [0.05, 0.1) is 18.0 Å². The fourth-order valence-corrected chi connectivity index (χ4v) is 3.18. The number of imidazole rings is 1. The molecule has 2 aromatic rings. The summed E-state index contributed by atoms with van der Waals surface area (Å²) >= 11 is 7.95. The topological polar surface area (TPSA) is 27.1 Å². The first-order chi connectivity index (χ1) is 9.72. The maximum atomic E-state index is 6.08. The van der Waals surface area contributed by atoms with E-state index in [2.05, 4.69) is 28.8 Å². The summed E-state index contributed by atoms with van der Waals surface area (Å²) in [5, 5.41) is 0. The minimum atomic E-state index is 0.387. The van der Waals surface area contributed by atoms with Crippen LogP contribution >= 0.6 is 23.4 Å². The lowest BCUT2D eigenvalue weighted by molar-refractivity contribution is 0.343. The first-order valence-electron chi connectivity index (χ1n) is 6.90. The van der Waals surface area contributed by atoms with E-state index in [0.717, 1.165) is 34.8 Å². The summed E-state index contributed by atoms with van der Waals surface area (Å²) in [5.41, 5.74) is 2.03. The molecule has 0 fully saturated rings. The molecule has 0 radical (unpaired) electrons. The van der Waals surface area contributed by atoms with Crippen molar-refractivity contribution in [2.75, 3.05) is 18.6 Å². The van der Waals surface area contributed by atoms with Gasteiger partial charge in [-0.05, 0) is 44.4 Å². The molecular formula is C15H21ClN2OS. The molecule has 0 spiro atoms. The molecule has 2 rings (SSSR count). The Hall–Kier alpha value is -0.870. The van der Waals surface area contributed by atoms with Gasteiger partial charge in [0.2, 0.25) is 0 Å². The summed E-state index contributed by atoms with van der Waals surface area (Å²) in [4.78, 5) is 4.68. The number of hydrogen-bond acceptors (Lipinski definition) is 3. The fraction of sp³-hybridized carbons (Fsp3) is 0.533. The van der Waals surface area contributed by atoms with Crippen LogP contribution in [0.4, 0.5) is 0 Å². The molecule has 0 aliphatic heterocycles. The lowest BCUT2D eigenvalue weighted by Crippen LogP contribution is -2.09. The van der Waals surface area contributed by atoms with E-state index in [0.29, 0.717) is 18.5 Å². The predicted molar refractivity (Wildman–Crippen MR) is 88.2 cm³/mol. The second-order valence-electron chi connectivity index (χ2n) is 4.72. The van der Waals surface area contributed by atoms with E-state index in [1.54, 1.807) is 0 Å². The largest absolute Gasteiger partial charge is 0.492 e. The van der Waals surface area contributed by atoms with Gasteiger partial charge in [0.15, 0.2) is 0 Å². The van der Waals surface area contributed by atoms with Crippen molar-refractivity contribution in [1.29, 1.82) is 0 Å². The van der Waals surface area contributed by atoms with Gasteiger partial charge in [0, 0.05) is 6.04 Å². The number of aromatic nitrogens is 2. The first kappa shape index (κ1) is 15.5. The third kappa shape index (κ3) is 3.07. The van der Waals surface area contributed by atoms with Gasteiger partial charge in [-0.1, -0.05) is 6.07 Å². The van der Waals surface area contributed by atoms with Gasteiger partial charge in [-0.2, -0.15) is 11.8 Å². The minimum Gasteiger partial charge on any atom is -0.492 e. The van der Waals surface area contributed by atoms with Crippen molar-refractivity contribution in [3.8, 4) is 5.75 Å². The molecule has 0 aliphatic carbocycles. The molecule has 5 heteroatoms. The van der Waals surface area contributed by atoms with Gasteiger partial charge < -0.3 is 9.30 Å². The van der Waals surface area contributed by atoms with Crippen LogP contribution in [0.1, 0.15) is 32.1 Å². The number of alkyl halides is 1. The molecule has 1 atom stereocenters. The van der Waals surface area contributed by atoms with Crippen LogP contribution in [-0.2, 0) is 5.88 Å². The number of thioether (sulfide) groups is 1. The highest BCUT2D eigenvalue weighted by atomic mass is 35.5. The monoisotopic (exact) mass is 312 g/mol. The number of rotatable bonds is 7. The highest BCUT2D eigenvalue weighted by Gasteiger charge is 2.17. The van der Waals surface area contributed by atoms with Crippen LogP contribution in [-0.4, -0.2) is 28.2 Å². The van der Waals surface area contributed by atoms with Crippen molar-refractivity contribution in [3.05, 3.63) is 24.0 Å². The Morgan fingerprint density at radius 3 is 2.90 bits per heavy atom. The Balaban J connectivity index is 2.49. The number of ether oxygens (including phenoxy) is 1. The van der Waals surface area contributed by atoms with Gasteiger partial charge in [-0.25, -0.2) is 4.98 Å². The number of halogens is 1.